The molecule has 0 amide bonds. The first-order valence-electron chi connectivity index (χ1n) is 6.38. The van der Waals surface area contributed by atoms with Gasteiger partial charge in [0, 0.05) is 0 Å². The largest absolute Gasteiger partial charge is 0.316 e. The van der Waals surface area contributed by atoms with Crippen LogP contribution in [0, 0.1) is 17.6 Å². The second-order valence-corrected chi connectivity index (χ2v) is 4.79. The first kappa shape index (κ1) is 12.5. The van der Waals surface area contributed by atoms with E-state index in [0.717, 1.165) is 32.4 Å². The van der Waals surface area contributed by atoms with Crippen LogP contribution < -0.4 is 5.32 Å². The van der Waals surface area contributed by atoms with Gasteiger partial charge in [-0.1, -0.05) is 19.1 Å². The molecular formula is C14H19F2N. The maximum atomic E-state index is 13.6. The van der Waals surface area contributed by atoms with Crippen LogP contribution in [-0.2, 0) is 0 Å². The Balaban J connectivity index is 2.00. The van der Waals surface area contributed by atoms with E-state index in [-0.39, 0.29) is 5.92 Å². The molecule has 2 rings (SSSR count). The SMILES string of the molecule is CCCNCC1CCC1c1cccc(F)c1F. The highest BCUT2D eigenvalue weighted by molar-refractivity contribution is 5.25. The normalized spacial score (nSPS) is 23.5. The first-order chi connectivity index (χ1) is 8.24. The Hall–Kier alpha value is -0.960. The summed E-state index contributed by atoms with van der Waals surface area (Å²) in [5.74, 6) is -0.736. The number of hydrogen-bond acceptors (Lipinski definition) is 1. The standard InChI is InChI=1S/C14H19F2N/c1-2-8-17-9-10-6-7-11(10)12-4-3-5-13(15)14(12)16/h3-5,10-11,17H,2,6-9H2,1H3. The molecule has 0 aliphatic heterocycles. The van der Waals surface area contributed by atoms with Gasteiger partial charge in [0.05, 0.1) is 0 Å². The van der Waals surface area contributed by atoms with E-state index in [1.807, 2.05) is 0 Å². The lowest BCUT2D eigenvalue weighted by Gasteiger charge is -2.37. The van der Waals surface area contributed by atoms with Crippen molar-refractivity contribution in [2.45, 2.75) is 32.1 Å². The van der Waals surface area contributed by atoms with Crippen molar-refractivity contribution >= 4 is 0 Å². The van der Waals surface area contributed by atoms with Crippen LogP contribution in [0.5, 0.6) is 0 Å². The third-order valence-corrected chi connectivity index (χ3v) is 3.63. The van der Waals surface area contributed by atoms with E-state index in [0.29, 0.717) is 11.5 Å². The van der Waals surface area contributed by atoms with Gasteiger partial charge in [-0.3, -0.25) is 0 Å². The quantitative estimate of drug-likeness (QED) is 0.776. The van der Waals surface area contributed by atoms with Crippen molar-refractivity contribution in [2.24, 2.45) is 5.92 Å². The van der Waals surface area contributed by atoms with E-state index in [2.05, 4.69) is 12.2 Å². The Morgan fingerprint density at radius 1 is 1.29 bits per heavy atom. The van der Waals surface area contributed by atoms with E-state index in [1.165, 1.54) is 6.07 Å². The first-order valence-corrected chi connectivity index (χ1v) is 6.38. The summed E-state index contributed by atoms with van der Waals surface area (Å²) in [4.78, 5) is 0. The Morgan fingerprint density at radius 3 is 2.76 bits per heavy atom. The minimum Gasteiger partial charge on any atom is -0.316 e. The number of hydrogen-bond donors (Lipinski definition) is 1. The topological polar surface area (TPSA) is 12.0 Å². The van der Waals surface area contributed by atoms with Crippen molar-refractivity contribution in [1.29, 1.82) is 0 Å². The molecule has 0 radical (unpaired) electrons. The highest BCUT2D eigenvalue weighted by Crippen LogP contribution is 2.43. The lowest BCUT2D eigenvalue weighted by atomic mass is 9.70. The van der Waals surface area contributed by atoms with Gasteiger partial charge >= 0.3 is 0 Å². The van der Waals surface area contributed by atoms with E-state index in [9.17, 15) is 8.78 Å². The van der Waals surface area contributed by atoms with Gasteiger partial charge in [-0.15, -0.1) is 0 Å². The lowest BCUT2D eigenvalue weighted by Crippen LogP contribution is -2.34. The average molecular weight is 239 g/mol. The van der Waals surface area contributed by atoms with Crippen LogP contribution >= 0.6 is 0 Å². The molecule has 1 saturated carbocycles. The molecule has 0 heterocycles. The molecule has 1 fully saturated rings. The highest BCUT2D eigenvalue weighted by Gasteiger charge is 2.33. The van der Waals surface area contributed by atoms with Crippen LogP contribution in [-0.4, -0.2) is 13.1 Å². The van der Waals surface area contributed by atoms with Crippen molar-refractivity contribution in [3.05, 3.63) is 35.4 Å². The Kier molecular flexibility index (Phi) is 4.11. The van der Waals surface area contributed by atoms with Crippen LogP contribution in [0.1, 0.15) is 37.7 Å². The molecule has 1 aliphatic rings. The van der Waals surface area contributed by atoms with Crippen LogP contribution in [0.15, 0.2) is 18.2 Å². The Morgan fingerprint density at radius 2 is 2.12 bits per heavy atom. The fourth-order valence-electron chi connectivity index (χ4n) is 2.49. The summed E-state index contributed by atoms with van der Waals surface area (Å²) < 4.78 is 26.8. The molecule has 1 N–H and O–H groups in total. The molecule has 0 saturated heterocycles. The van der Waals surface area contributed by atoms with Crippen molar-refractivity contribution in [3.63, 3.8) is 0 Å². The second-order valence-electron chi connectivity index (χ2n) is 4.79. The molecule has 1 aliphatic carbocycles. The summed E-state index contributed by atoms with van der Waals surface area (Å²) in [5.41, 5.74) is 0.555. The van der Waals surface area contributed by atoms with Gasteiger partial charge in [-0.2, -0.15) is 0 Å². The predicted molar refractivity (Wildman–Crippen MR) is 65.0 cm³/mol. The van der Waals surface area contributed by atoms with Crippen LogP contribution in [0.25, 0.3) is 0 Å². The molecule has 0 bridgehead atoms. The second kappa shape index (κ2) is 5.58. The molecule has 0 aromatic heterocycles. The monoisotopic (exact) mass is 239 g/mol. The lowest BCUT2D eigenvalue weighted by molar-refractivity contribution is 0.239. The number of nitrogens with one attached hydrogen (secondary N) is 1. The Bertz CT molecular complexity index is 378. The van der Waals surface area contributed by atoms with Gasteiger partial charge in [-0.05, 0) is 55.8 Å². The van der Waals surface area contributed by atoms with Crippen molar-refractivity contribution < 1.29 is 8.78 Å². The number of rotatable bonds is 5. The fourth-order valence-corrected chi connectivity index (χ4v) is 2.49. The van der Waals surface area contributed by atoms with E-state index in [1.54, 1.807) is 12.1 Å². The third-order valence-electron chi connectivity index (χ3n) is 3.63. The molecule has 1 aromatic carbocycles. The summed E-state index contributed by atoms with van der Waals surface area (Å²) in [6, 6.07) is 4.50. The predicted octanol–water partition coefficient (Wildman–Crippen LogP) is 3.46. The molecule has 1 nitrogen and oxygen atoms in total. The molecule has 17 heavy (non-hydrogen) atoms. The summed E-state index contributed by atoms with van der Waals surface area (Å²) in [6.07, 6.45) is 3.18. The zero-order chi connectivity index (χ0) is 12.3. The summed E-state index contributed by atoms with van der Waals surface area (Å²) in [5, 5.41) is 3.35. The van der Waals surface area contributed by atoms with Gasteiger partial charge in [0.15, 0.2) is 11.6 Å². The van der Waals surface area contributed by atoms with Gasteiger partial charge in [0.2, 0.25) is 0 Å². The smallest absolute Gasteiger partial charge is 0.162 e. The minimum atomic E-state index is -0.727. The fraction of sp³-hybridized carbons (Fsp3) is 0.571. The average Bonchev–Trinajstić information content (AvgIpc) is 2.29. The Labute approximate surface area is 101 Å². The van der Waals surface area contributed by atoms with Crippen LogP contribution in [0.4, 0.5) is 8.78 Å². The van der Waals surface area contributed by atoms with E-state index < -0.39 is 11.6 Å². The van der Waals surface area contributed by atoms with Crippen LogP contribution in [0.2, 0.25) is 0 Å². The molecule has 2 unspecified atom stereocenters. The zero-order valence-corrected chi connectivity index (χ0v) is 10.2. The van der Waals surface area contributed by atoms with Crippen molar-refractivity contribution in [2.75, 3.05) is 13.1 Å². The van der Waals surface area contributed by atoms with Gasteiger partial charge in [0.1, 0.15) is 0 Å². The van der Waals surface area contributed by atoms with Crippen LogP contribution in [0.3, 0.4) is 0 Å². The zero-order valence-electron chi connectivity index (χ0n) is 10.2. The minimum absolute atomic E-state index is 0.190. The summed E-state index contributed by atoms with van der Waals surface area (Å²) in [7, 11) is 0. The summed E-state index contributed by atoms with van der Waals surface area (Å²) >= 11 is 0. The molecular weight excluding hydrogens is 220 g/mol. The molecule has 3 heteroatoms. The van der Waals surface area contributed by atoms with Crippen molar-refractivity contribution in [1.82, 2.24) is 5.32 Å². The maximum absolute atomic E-state index is 13.6. The van der Waals surface area contributed by atoms with Gasteiger partial charge < -0.3 is 5.32 Å². The van der Waals surface area contributed by atoms with E-state index in [4.69, 9.17) is 0 Å². The molecule has 1 aromatic rings. The van der Waals surface area contributed by atoms with E-state index >= 15 is 0 Å². The molecule has 2 atom stereocenters. The number of halogens is 2. The maximum Gasteiger partial charge on any atom is 0.162 e. The summed E-state index contributed by atoms with van der Waals surface area (Å²) in [6.45, 7) is 4.03. The van der Waals surface area contributed by atoms with Gasteiger partial charge in [-0.25, -0.2) is 8.78 Å². The van der Waals surface area contributed by atoms with Gasteiger partial charge in [0.25, 0.3) is 0 Å². The highest BCUT2D eigenvalue weighted by atomic mass is 19.2. The molecule has 0 spiro atoms. The number of benzene rings is 1. The van der Waals surface area contributed by atoms with Crippen molar-refractivity contribution in [3.8, 4) is 0 Å². The molecule has 94 valence electrons. The third kappa shape index (κ3) is 2.65.